The minimum atomic E-state index is -0.0584. The molecule has 5 rings (SSSR count). The van der Waals surface area contributed by atoms with Gasteiger partial charge in [0.25, 0.3) is 0 Å². The molecule has 2 aromatic heterocycles. The van der Waals surface area contributed by atoms with Crippen molar-refractivity contribution < 1.29 is 0 Å². The highest BCUT2D eigenvalue weighted by Crippen LogP contribution is 2.42. The van der Waals surface area contributed by atoms with Crippen LogP contribution in [0.15, 0.2) is 97.3 Å². The van der Waals surface area contributed by atoms with E-state index < -0.39 is 0 Å². The highest BCUT2D eigenvalue weighted by Gasteiger charge is 2.42. The molecule has 5 heteroatoms. The second-order valence-electron chi connectivity index (χ2n) is 7.66. The average Bonchev–Trinajstić information content (AvgIpc) is 3.44. The van der Waals surface area contributed by atoms with Gasteiger partial charge in [0, 0.05) is 29.5 Å². The number of aryl methyl sites for hydroxylation is 1. The molecule has 4 aromatic rings. The number of benzene rings is 2. The summed E-state index contributed by atoms with van der Waals surface area (Å²) >= 11 is 5.85. The fraction of sp³-hybridized carbons (Fsp3) is 0.154. The van der Waals surface area contributed by atoms with E-state index in [-0.39, 0.29) is 12.1 Å². The van der Waals surface area contributed by atoms with Crippen molar-refractivity contribution in [3.8, 4) is 5.69 Å². The molecule has 0 bridgehead atoms. The van der Waals surface area contributed by atoms with Crippen LogP contribution in [0.1, 0.15) is 36.0 Å². The second kappa shape index (κ2) is 8.36. The Kier molecular flexibility index (Phi) is 5.26. The van der Waals surface area contributed by atoms with Crippen molar-refractivity contribution in [3.63, 3.8) is 0 Å². The highest BCUT2D eigenvalue weighted by atomic mass is 32.1. The van der Waals surface area contributed by atoms with E-state index in [4.69, 9.17) is 12.2 Å². The topological polar surface area (TPSA) is 33.1 Å². The summed E-state index contributed by atoms with van der Waals surface area (Å²) in [5, 5.41) is 4.26. The van der Waals surface area contributed by atoms with Crippen LogP contribution in [0.4, 0.5) is 5.69 Å². The van der Waals surface area contributed by atoms with Gasteiger partial charge in [-0.3, -0.25) is 4.98 Å². The molecule has 0 radical (unpaired) electrons. The van der Waals surface area contributed by atoms with E-state index >= 15 is 0 Å². The maximum atomic E-state index is 5.85. The van der Waals surface area contributed by atoms with Gasteiger partial charge in [0.2, 0.25) is 0 Å². The number of pyridine rings is 1. The molecule has 3 heterocycles. The van der Waals surface area contributed by atoms with Crippen LogP contribution in [0.25, 0.3) is 5.69 Å². The van der Waals surface area contributed by atoms with Crippen molar-refractivity contribution in [2.75, 3.05) is 4.90 Å². The summed E-state index contributed by atoms with van der Waals surface area (Å²) in [6, 6.07) is 29.3. The Morgan fingerprint density at radius 3 is 2.35 bits per heavy atom. The molecule has 1 fully saturated rings. The maximum Gasteiger partial charge on any atom is 0.174 e. The molecule has 0 unspecified atom stereocenters. The number of para-hydroxylation sites is 1. The molecule has 154 valence electrons. The molecule has 0 saturated carbocycles. The lowest BCUT2D eigenvalue weighted by Gasteiger charge is -2.29. The predicted octanol–water partition coefficient (Wildman–Crippen LogP) is 5.61. The third kappa shape index (κ3) is 3.62. The van der Waals surface area contributed by atoms with Crippen LogP contribution < -0.4 is 10.2 Å². The lowest BCUT2D eigenvalue weighted by molar-refractivity contribution is 0.549. The second-order valence-corrected chi connectivity index (χ2v) is 8.04. The summed E-state index contributed by atoms with van der Waals surface area (Å²) in [4.78, 5) is 6.88. The summed E-state index contributed by atoms with van der Waals surface area (Å²) < 4.78 is 2.24. The van der Waals surface area contributed by atoms with Gasteiger partial charge >= 0.3 is 0 Å². The zero-order valence-corrected chi connectivity index (χ0v) is 18.2. The third-order valence-corrected chi connectivity index (χ3v) is 6.15. The zero-order chi connectivity index (χ0) is 21.2. The first kappa shape index (κ1) is 19.5. The Hall–Kier alpha value is -3.44. The summed E-state index contributed by atoms with van der Waals surface area (Å²) in [6.07, 6.45) is 4.96. The first-order valence-corrected chi connectivity index (χ1v) is 11.0. The fourth-order valence-corrected chi connectivity index (χ4v) is 4.63. The molecule has 0 amide bonds. The van der Waals surface area contributed by atoms with Crippen LogP contribution in [-0.2, 0) is 6.42 Å². The number of nitrogens with one attached hydrogen (secondary N) is 1. The van der Waals surface area contributed by atoms with Crippen LogP contribution in [0.2, 0.25) is 0 Å². The standard InChI is InChI=1S/C26H24N4S/c1-2-19-13-15-21(16-14-19)30-25(24(28-26(30)31)22-11-6-7-17-27-22)23-12-8-18-29(23)20-9-4-3-5-10-20/h3-18,24-25H,2H2,1H3,(H,28,31)/t24-,25+/m1/s1. The van der Waals surface area contributed by atoms with Crippen molar-refractivity contribution >= 4 is 23.0 Å². The van der Waals surface area contributed by atoms with Gasteiger partial charge in [-0.15, -0.1) is 0 Å². The molecule has 31 heavy (non-hydrogen) atoms. The van der Waals surface area contributed by atoms with E-state index in [1.165, 1.54) is 5.56 Å². The van der Waals surface area contributed by atoms with Gasteiger partial charge in [-0.2, -0.15) is 0 Å². The van der Waals surface area contributed by atoms with Gasteiger partial charge in [0.1, 0.15) is 6.04 Å². The quantitative estimate of drug-likeness (QED) is 0.422. The van der Waals surface area contributed by atoms with Crippen LogP contribution in [-0.4, -0.2) is 14.7 Å². The van der Waals surface area contributed by atoms with Gasteiger partial charge < -0.3 is 14.8 Å². The van der Waals surface area contributed by atoms with Gasteiger partial charge in [0.15, 0.2) is 5.11 Å². The van der Waals surface area contributed by atoms with Gasteiger partial charge in [-0.05, 0) is 72.7 Å². The van der Waals surface area contributed by atoms with E-state index in [1.54, 1.807) is 0 Å². The Balaban J connectivity index is 1.65. The molecule has 1 N–H and O–H groups in total. The van der Waals surface area contributed by atoms with Crippen molar-refractivity contribution in [2.24, 2.45) is 0 Å². The lowest BCUT2D eigenvalue weighted by Crippen LogP contribution is -2.30. The molecular weight excluding hydrogens is 400 g/mol. The molecule has 1 aliphatic heterocycles. The number of aromatic nitrogens is 2. The van der Waals surface area contributed by atoms with Crippen LogP contribution in [0.3, 0.4) is 0 Å². The third-order valence-electron chi connectivity index (χ3n) is 5.84. The molecule has 1 saturated heterocycles. The SMILES string of the molecule is CCc1ccc(N2C(=S)N[C@H](c3ccccn3)[C@@H]2c2cccn2-c2ccccc2)cc1. The predicted molar refractivity (Wildman–Crippen MR) is 130 cm³/mol. The number of rotatable bonds is 5. The molecular formula is C26H24N4S. The summed E-state index contributed by atoms with van der Waals surface area (Å²) in [5.74, 6) is 0. The van der Waals surface area contributed by atoms with Gasteiger partial charge in [-0.25, -0.2) is 0 Å². The van der Waals surface area contributed by atoms with E-state index in [9.17, 15) is 0 Å². The van der Waals surface area contributed by atoms with E-state index in [0.29, 0.717) is 5.11 Å². The van der Waals surface area contributed by atoms with Crippen molar-refractivity contribution in [2.45, 2.75) is 25.4 Å². The number of anilines is 1. The molecule has 4 nitrogen and oxygen atoms in total. The number of hydrogen-bond acceptors (Lipinski definition) is 2. The number of nitrogens with zero attached hydrogens (tertiary/aromatic N) is 3. The molecule has 0 aliphatic carbocycles. The summed E-state index contributed by atoms with van der Waals surface area (Å²) in [5.41, 5.74) is 5.66. The fourth-order valence-electron chi connectivity index (χ4n) is 4.28. The van der Waals surface area contributed by atoms with Gasteiger partial charge in [-0.1, -0.05) is 43.3 Å². The molecule has 0 spiro atoms. The van der Waals surface area contributed by atoms with E-state index in [0.717, 1.165) is 29.2 Å². The Morgan fingerprint density at radius 1 is 0.871 bits per heavy atom. The van der Waals surface area contributed by atoms with Crippen molar-refractivity contribution in [3.05, 3.63) is 114 Å². The average molecular weight is 425 g/mol. The molecule has 2 atom stereocenters. The Bertz CT molecular complexity index is 1170. The first-order valence-electron chi connectivity index (χ1n) is 10.6. The maximum absolute atomic E-state index is 5.85. The summed E-state index contributed by atoms with van der Waals surface area (Å²) in [6.45, 7) is 2.17. The van der Waals surface area contributed by atoms with E-state index in [1.807, 2.05) is 24.4 Å². The lowest BCUT2D eigenvalue weighted by atomic mass is 10.0. The highest BCUT2D eigenvalue weighted by molar-refractivity contribution is 7.80. The van der Waals surface area contributed by atoms with Crippen LogP contribution >= 0.6 is 12.2 Å². The monoisotopic (exact) mass is 424 g/mol. The normalized spacial score (nSPS) is 18.2. The van der Waals surface area contributed by atoms with Crippen molar-refractivity contribution in [1.82, 2.24) is 14.9 Å². The Morgan fingerprint density at radius 2 is 1.65 bits per heavy atom. The minimum absolute atomic E-state index is 0.0370. The number of hydrogen-bond donors (Lipinski definition) is 1. The molecule has 1 aliphatic rings. The zero-order valence-electron chi connectivity index (χ0n) is 17.3. The smallest absolute Gasteiger partial charge is 0.174 e. The Labute approximate surface area is 188 Å². The van der Waals surface area contributed by atoms with Gasteiger partial charge in [0.05, 0.1) is 11.7 Å². The number of thiocarbonyl (C=S) groups is 1. The first-order chi connectivity index (χ1) is 15.3. The summed E-state index contributed by atoms with van der Waals surface area (Å²) in [7, 11) is 0. The minimum Gasteiger partial charge on any atom is -0.351 e. The largest absolute Gasteiger partial charge is 0.351 e. The van der Waals surface area contributed by atoms with Crippen LogP contribution in [0, 0.1) is 0 Å². The van der Waals surface area contributed by atoms with E-state index in [2.05, 4.69) is 99.6 Å². The van der Waals surface area contributed by atoms with Crippen molar-refractivity contribution in [1.29, 1.82) is 0 Å². The van der Waals surface area contributed by atoms with Crippen LogP contribution in [0.5, 0.6) is 0 Å². The molecule has 2 aromatic carbocycles.